The van der Waals surface area contributed by atoms with Crippen LogP contribution < -0.4 is 5.32 Å². The number of aliphatic carboxylic acids is 1. The summed E-state index contributed by atoms with van der Waals surface area (Å²) in [6.07, 6.45) is 1.76. The number of piperidine rings is 1. The summed E-state index contributed by atoms with van der Waals surface area (Å²) in [4.78, 5) is 27.2. The predicted octanol–water partition coefficient (Wildman–Crippen LogP) is 2.77. The van der Waals surface area contributed by atoms with E-state index in [1.165, 1.54) is 0 Å². The van der Waals surface area contributed by atoms with Gasteiger partial charge in [-0.15, -0.1) is 0 Å². The minimum Gasteiger partial charge on any atom is -0.480 e. The zero-order chi connectivity index (χ0) is 19.9. The number of benzene rings is 2. The third-order valence-electron chi connectivity index (χ3n) is 5.21. The van der Waals surface area contributed by atoms with Crippen molar-refractivity contribution in [1.82, 2.24) is 9.80 Å². The van der Waals surface area contributed by atoms with Gasteiger partial charge < -0.3 is 10.4 Å². The van der Waals surface area contributed by atoms with Gasteiger partial charge in [0.1, 0.15) is 0 Å². The van der Waals surface area contributed by atoms with Crippen molar-refractivity contribution in [2.24, 2.45) is 0 Å². The summed E-state index contributed by atoms with van der Waals surface area (Å²) >= 11 is 0. The second-order valence-corrected chi connectivity index (χ2v) is 7.31. The van der Waals surface area contributed by atoms with E-state index in [2.05, 4.69) is 22.3 Å². The van der Waals surface area contributed by atoms with E-state index in [9.17, 15) is 9.59 Å². The molecule has 1 amide bonds. The van der Waals surface area contributed by atoms with Crippen molar-refractivity contribution in [3.63, 3.8) is 0 Å². The van der Waals surface area contributed by atoms with Gasteiger partial charge in [-0.3, -0.25) is 19.4 Å². The third-order valence-corrected chi connectivity index (χ3v) is 5.21. The summed E-state index contributed by atoms with van der Waals surface area (Å²) in [6.45, 7) is 2.02. The molecule has 2 aromatic carbocycles. The lowest BCUT2D eigenvalue weighted by atomic mass is 10.0. The Labute approximate surface area is 165 Å². The molecule has 148 valence electrons. The molecule has 0 aromatic heterocycles. The van der Waals surface area contributed by atoms with Crippen molar-refractivity contribution < 1.29 is 14.7 Å². The number of likely N-dealkylation sites (N-methyl/N-ethyl adjacent to an activating group) is 1. The van der Waals surface area contributed by atoms with Crippen molar-refractivity contribution >= 4 is 17.6 Å². The maximum Gasteiger partial charge on any atom is 0.317 e. The maximum absolute atomic E-state index is 12.4. The number of rotatable bonds is 7. The topological polar surface area (TPSA) is 72.9 Å². The van der Waals surface area contributed by atoms with Gasteiger partial charge in [-0.2, -0.15) is 0 Å². The molecule has 1 fully saturated rings. The van der Waals surface area contributed by atoms with Crippen molar-refractivity contribution in [1.29, 1.82) is 0 Å². The number of carboxylic acid groups (broad SMARTS) is 1. The second-order valence-electron chi connectivity index (χ2n) is 7.31. The van der Waals surface area contributed by atoms with Crippen LogP contribution in [0, 0.1) is 0 Å². The van der Waals surface area contributed by atoms with Gasteiger partial charge in [-0.25, -0.2) is 0 Å². The van der Waals surface area contributed by atoms with Gasteiger partial charge in [0.15, 0.2) is 0 Å². The first-order valence-electron chi connectivity index (χ1n) is 9.61. The number of hydrogen-bond donors (Lipinski definition) is 2. The van der Waals surface area contributed by atoms with Crippen LogP contribution in [0.15, 0.2) is 54.6 Å². The van der Waals surface area contributed by atoms with Gasteiger partial charge in [0.05, 0.1) is 13.1 Å². The molecule has 2 aromatic rings. The number of carbonyl (C=O) groups is 2. The molecule has 6 heteroatoms. The predicted molar refractivity (Wildman–Crippen MR) is 110 cm³/mol. The van der Waals surface area contributed by atoms with Crippen LogP contribution >= 0.6 is 0 Å². The highest BCUT2D eigenvalue weighted by Crippen LogP contribution is 2.21. The Balaban J connectivity index is 1.45. The summed E-state index contributed by atoms with van der Waals surface area (Å²) in [5.41, 5.74) is 3.06. The average Bonchev–Trinajstić information content (AvgIpc) is 2.69. The molecule has 1 aliphatic heterocycles. The summed E-state index contributed by atoms with van der Waals surface area (Å²) in [5, 5.41) is 11.9. The lowest BCUT2D eigenvalue weighted by molar-refractivity contribution is -0.138. The lowest BCUT2D eigenvalue weighted by Gasteiger charge is -2.35. The number of carboxylic acids is 1. The average molecular weight is 381 g/mol. The summed E-state index contributed by atoms with van der Waals surface area (Å²) < 4.78 is 0. The van der Waals surface area contributed by atoms with Crippen molar-refractivity contribution in [2.45, 2.75) is 18.9 Å². The quantitative estimate of drug-likeness (QED) is 0.772. The van der Waals surface area contributed by atoms with E-state index in [4.69, 9.17) is 5.11 Å². The molecule has 0 bridgehead atoms. The molecule has 2 N–H and O–H groups in total. The van der Waals surface area contributed by atoms with Crippen molar-refractivity contribution in [3.05, 3.63) is 54.6 Å². The molecule has 3 rings (SSSR count). The molecule has 6 nitrogen and oxygen atoms in total. The second kappa shape index (κ2) is 9.48. The Kier molecular flexibility index (Phi) is 6.79. The molecule has 0 atom stereocenters. The fraction of sp³-hybridized carbons (Fsp3) is 0.364. The van der Waals surface area contributed by atoms with Gasteiger partial charge in [0, 0.05) is 24.8 Å². The number of amides is 1. The molecule has 1 heterocycles. The van der Waals surface area contributed by atoms with Gasteiger partial charge >= 0.3 is 5.97 Å². The van der Waals surface area contributed by atoms with Gasteiger partial charge in [0.2, 0.25) is 5.91 Å². The van der Waals surface area contributed by atoms with E-state index < -0.39 is 5.97 Å². The molecule has 1 saturated heterocycles. The highest BCUT2D eigenvalue weighted by atomic mass is 16.4. The Hall–Kier alpha value is -2.70. The normalized spacial score (nSPS) is 15.5. The molecule has 0 saturated carbocycles. The monoisotopic (exact) mass is 381 g/mol. The van der Waals surface area contributed by atoms with Gasteiger partial charge in [0.25, 0.3) is 0 Å². The Morgan fingerprint density at radius 3 is 2.25 bits per heavy atom. The molecule has 1 aliphatic rings. The highest BCUT2D eigenvalue weighted by molar-refractivity contribution is 5.92. The number of nitrogens with zero attached hydrogens (tertiary/aromatic N) is 2. The first kappa shape index (κ1) is 20.0. The lowest BCUT2D eigenvalue weighted by Crippen LogP contribution is -2.46. The molecule has 0 aliphatic carbocycles. The molecule has 0 unspecified atom stereocenters. The van der Waals surface area contributed by atoms with Gasteiger partial charge in [-0.1, -0.05) is 42.5 Å². The largest absolute Gasteiger partial charge is 0.480 e. The number of anilines is 1. The minimum absolute atomic E-state index is 0.0233. The van der Waals surface area contributed by atoms with Crippen LogP contribution in [-0.4, -0.2) is 66.1 Å². The van der Waals surface area contributed by atoms with Crippen LogP contribution in [0.1, 0.15) is 12.8 Å². The van der Waals surface area contributed by atoms with Crippen molar-refractivity contribution in [3.8, 4) is 11.1 Å². The van der Waals surface area contributed by atoms with Crippen LogP contribution in [0.4, 0.5) is 5.69 Å². The van der Waals surface area contributed by atoms with Crippen molar-refractivity contribution in [2.75, 3.05) is 38.5 Å². The number of nitrogens with one attached hydrogen (secondary N) is 1. The summed E-state index contributed by atoms with van der Waals surface area (Å²) in [7, 11) is 1.85. The van der Waals surface area contributed by atoms with Crippen LogP contribution in [-0.2, 0) is 9.59 Å². The van der Waals surface area contributed by atoms with Crippen LogP contribution in [0.2, 0.25) is 0 Å². The SMILES string of the molecule is CN(CC(=O)O)C1CCN(CC(=O)Nc2ccc(-c3ccccc3)cc2)CC1. The van der Waals surface area contributed by atoms with Crippen LogP contribution in [0.25, 0.3) is 11.1 Å². The third kappa shape index (κ3) is 5.65. The number of carbonyl (C=O) groups excluding carboxylic acids is 1. The Morgan fingerprint density at radius 1 is 1.04 bits per heavy atom. The number of hydrogen-bond acceptors (Lipinski definition) is 4. The van der Waals surface area contributed by atoms with Crippen LogP contribution in [0.3, 0.4) is 0 Å². The van der Waals surface area contributed by atoms with E-state index in [0.29, 0.717) is 6.54 Å². The molecule has 28 heavy (non-hydrogen) atoms. The van der Waals surface area contributed by atoms with E-state index >= 15 is 0 Å². The molecular weight excluding hydrogens is 354 g/mol. The van der Waals surface area contributed by atoms with E-state index in [1.807, 2.05) is 54.4 Å². The Bertz CT molecular complexity index is 784. The smallest absolute Gasteiger partial charge is 0.317 e. The first-order valence-corrected chi connectivity index (χ1v) is 9.61. The number of likely N-dealkylation sites (tertiary alicyclic amines) is 1. The van der Waals surface area contributed by atoms with E-state index in [0.717, 1.165) is 42.7 Å². The fourth-order valence-corrected chi connectivity index (χ4v) is 3.64. The Morgan fingerprint density at radius 2 is 1.64 bits per heavy atom. The molecule has 0 radical (unpaired) electrons. The summed E-state index contributed by atoms with van der Waals surface area (Å²) in [5.74, 6) is -0.826. The standard InChI is InChI=1S/C22H27N3O3/c1-24(16-22(27)28)20-11-13-25(14-12-20)15-21(26)23-19-9-7-18(8-10-19)17-5-3-2-4-6-17/h2-10,20H,11-16H2,1H3,(H,23,26)(H,27,28). The van der Waals surface area contributed by atoms with Gasteiger partial charge in [-0.05, 0) is 43.1 Å². The fourth-order valence-electron chi connectivity index (χ4n) is 3.64. The first-order chi connectivity index (χ1) is 13.5. The van der Waals surface area contributed by atoms with E-state index in [1.54, 1.807) is 0 Å². The maximum atomic E-state index is 12.4. The highest BCUT2D eigenvalue weighted by Gasteiger charge is 2.24. The minimum atomic E-state index is -0.803. The molecular formula is C22H27N3O3. The van der Waals surface area contributed by atoms with Crippen LogP contribution in [0.5, 0.6) is 0 Å². The zero-order valence-electron chi connectivity index (χ0n) is 16.2. The van der Waals surface area contributed by atoms with E-state index in [-0.39, 0.29) is 18.5 Å². The molecule has 0 spiro atoms. The summed E-state index contributed by atoms with van der Waals surface area (Å²) in [6, 6.07) is 18.3. The zero-order valence-corrected chi connectivity index (χ0v) is 16.2.